The minimum absolute atomic E-state index is 0.0826. The smallest absolute Gasteiger partial charge is 0.146 e. The zero-order chi connectivity index (χ0) is 15.7. The molecule has 0 unspecified atom stereocenters. The molecule has 0 aliphatic heterocycles. The summed E-state index contributed by atoms with van der Waals surface area (Å²) in [5.74, 6) is 3.22. The molecule has 0 spiro atoms. The van der Waals surface area contributed by atoms with Crippen LogP contribution in [-0.2, 0) is 4.79 Å². The maximum Gasteiger partial charge on any atom is 0.146 e. The molecule has 4 rings (SSSR count). The summed E-state index contributed by atoms with van der Waals surface area (Å²) >= 11 is 3.73. The van der Waals surface area contributed by atoms with Crippen LogP contribution in [0, 0.1) is 34.5 Å². The van der Waals surface area contributed by atoms with Gasteiger partial charge in [0.15, 0.2) is 0 Å². The van der Waals surface area contributed by atoms with Crippen molar-refractivity contribution in [3.05, 3.63) is 0 Å². The Morgan fingerprint density at radius 3 is 2.41 bits per heavy atom. The topological polar surface area (TPSA) is 37.3 Å². The fourth-order valence-corrected chi connectivity index (χ4v) is 8.16. The Bertz CT molecular complexity index is 492. The Balaban J connectivity index is 1.65. The van der Waals surface area contributed by atoms with E-state index >= 15 is 0 Å². The summed E-state index contributed by atoms with van der Waals surface area (Å²) in [4.78, 5) is 12.2. The van der Waals surface area contributed by atoms with Crippen LogP contribution in [0.3, 0.4) is 0 Å². The van der Waals surface area contributed by atoms with Gasteiger partial charge in [0.05, 0.1) is 10.9 Å². The first-order valence-corrected chi connectivity index (χ1v) is 10.1. The second kappa shape index (κ2) is 5.05. The molecular formula is C19H29BrO2. The molecule has 4 fully saturated rings. The number of Topliss-reactive ketones (excluding diaryl/α,β-unsaturated/α-hetero) is 1. The molecule has 4 aliphatic carbocycles. The summed E-state index contributed by atoms with van der Waals surface area (Å²) in [6.45, 7) is 4.82. The van der Waals surface area contributed by atoms with Gasteiger partial charge >= 0.3 is 0 Å². The summed E-state index contributed by atoms with van der Waals surface area (Å²) in [6.07, 6.45) is 8.90. The van der Waals surface area contributed by atoms with Gasteiger partial charge in [0.25, 0.3) is 0 Å². The van der Waals surface area contributed by atoms with Crippen molar-refractivity contribution >= 4 is 21.7 Å². The number of aliphatic hydroxyl groups excluding tert-OH is 1. The van der Waals surface area contributed by atoms with Crippen LogP contribution in [0.5, 0.6) is 0 Å². The van der Waals surface area contributed by atoms with Crippen molar-refractivity contribution in [2.24, 2.45) is 34.5 Å². The van der Waals surface area contributed by atoms with Crippen LogP contribution < -0.4 is 0 Å². The molecular weight excluding hydrogens is 340 g/mol. The highest BCUT2D eigenvalue weighted by atomic mass is 79.9. The van der Waals surface area contributed by atoms with Gasteiger partial charge in [-0.05, 0) is 79.4 Å². The van der Waals surface area contributed by atoms with Crippen LogP contribution >= 0.6 is 15.9 Å². The lowest BCUT2D eigenvalue weighted by atomic mass is 9.45. The zero-order valence-electron chi connectivity index (χ0n) is 13.9. The van der Waals surface area contributed by atoms with E-state index in [2.05, 4.69) is 29.8 Å². The molecule has 0 aromatic carbocycles. The Labute approximate surface area is 142 Å². The molecule has 3 heteroatoms. The monoisotopic (exact) mass is 368 g/mol. The van der Waals surface area contributed by atoms with E-state index in [4.69, 9.17) is 0 Å². The number of halogens is 1. The van der Waals surface area contributed by atoms with Crippen molar-refractivity contribution in [3.8, 4) is 0 Å². The van der Waals surface area contributed by atoms with Crippen LogP contribution in [0.15, 0.2) is 0 Å². The van der Waals surface area contributed by atoms with Crippen LogP contribution in [0.2, 0.25) is 0 Å². The first-order valence-electron chi connectivity index (χ1n) is 9.23. The third kappa shape index (κ3) is 1.90. The van der Waals surface area contributed by atoms with Crippen LogP contribution in [-0.4, -0.2) is 21.8 Å². The summed E-state index contributed by atoms with van der Waals surface area (Å²) in [6, 6.07) is 0. The van der Waals surface area contributed by atoms with Crippen molar-refractivity contribution in [1.82, 2.24) is 0 Å². The average molecular weight is 369 g/mol. The number of aliphatic hydroxyl groups is 1. The first-order chi connectivity index (χ1) is 10.4. The Kier molecular flexibility index (Phi) is 3.59. The molecule has 0 aromatic heterocycles. The summed E-state index contributed by atoms with van der Waals surface area (Å²) in [7, 11) is 0. The number of carbonyl (C=O) groups excluding carboxylic acids is 1. The molecule has 1 N–H and O–H groups in total. The minimum Gasteiger partial charge on any atom is -0.393 e. The second-order valence-electron chi connectivity index (χ2n) is 9.07. The number of fused-ring (bicyclic) bond motifs is 5. The molecule has 0 bridgehead atoms. The maximum atomic E-state index is 12.1. The van der Waals surface area contributed by atoms with E-state index in [-0.39, 0.29) is 16.3 Å². The normalized spacial score (nSPS) is 57.9. The van der Waals surface area contributed by atoms with Crippen molar-refractivity contribution in [2.45, 2.75) is 76.1 Å². The van der Waals surface area contributed by atoms with Crippen molar-refractivity contribution < 1.29 is 9.90 Å². The highest BCUT2D eigenvalue weighted by molar-refractivity contribution is 9.10. The Hall–Kier alpha value is 0.110. The van der Waals surface area contributed by atoms with E-state index in [0.717, 1.165) is 31.1 Å². The van der Waals surface area contributed by atoms with Crippen LogP contribution in [0.1, 0.15) is 65.2 Å². The van der Waals surface area contributed by atoms with E-state index < -0.39 is 0 Å². The van der Waals surface area contributed by atoms with Gasteiger partial charge in [0.2, 0.25) is 0 Å². The number of alkyl halides is 1. The summed E-state index contributed by atoms with van der Waals surface area (Å²) in [5, 5.41) is 10.5. The number of hydrogen-bond donors (Lipinski definition) is 1. The first kappa shape index (κ1) is 15.6. The molecule has 124 valence electrons. The standard InChI is InChI=1S/C19H29BrO2/c1-18-10-8-15(21)17(20)14(18)4-3-11-12-5-6-16(22)19(12,2)9-7-13(11)18/h11-14,16-17,22H,3-10H2,1-2H3/t11-,12-,13-,14-,16-,17+,18-,19+/m1/s1. The van der Waals surface area contributed by atoms with E-state index in [0.29, 0.717) is 23.0 Å². The van der Waals surface area contributed by atoms with Gasteiger partial charge in [-0.3, -0.25) is 4.79 Å². The fourth-order valence-electron chi connectivity index (χ4n) is 7.06. The number of ketones is 1. The van der Waals surface area contributed by atoms with Gasteiger partial charge < -0.3 is 5.11 Å². The Morgan fingerprint density at radius 2 is 1.64 bits per heavy atom. The third-order valence-electron chi connectivity index (χ3n) is 8.46. The van der Waals surface area contributed by atoms with E-state index in [1.54, 1.807) is 0 Å². The van der Waals surface area contributed by atoms with Gasteiger partial charge in [-0.15, -0.1) is 0 Å². The van der Waals surface area contributed by atoms with E-state index in [9.17, 15) is 9.90 Å². The zero-order valence-corrected chi connectivity index (χ0v) is 15.4. The van der Waals surface area contributed by atoms with Crippen LogP contribution in [0.25, 0.3) is 0 Å². The number of hydrogen-bond acceptors (Lipinski definition) is 2. The molecule has 22 heavy (non-hydrogen) atoms. The molecule has 4 aliphatic rings. The lowest BCUT2D eigenvalue weighted by molar-refractivity contribution is -0.140. The quantitative estimate of drug-likeness (QED) is 0.646. The summed E-state index contributed by atoms with van der Waals surface area (Å²) < 4.78 is 0. The van der Waals surface area contributed by atoms with Gasteiger partial charge in [-0.25, -0.2) is 0 Å². The molecule has 0 aromatic rings. The maximum absolute atomic E-state index is 12.1. The van der Waals surface area contributed by atoms with Crippen molar-refractivity contribution in [1.29, 1.82) is 0 Å². The highest BCUT2D eigenvalue weighted by Crippen LogP contribution is 2.66. The lowest BCUT2D eigenvalue weighted by Crippen LogP contribution is -2.56. The average Bonchev–Trinajstić information content (AvgIpc) is 2.79. The number of rotatable bonds is 0. The molecule has 0 amide bonds. The van der Waals surface area contributed by atoms with Gasteiger partial charge in [0, 0.05) is 6.42 Å². The highest BCUT2D eigenvalue weighted by Gasteiger charge is 2.61. The predicted octanol–water partition coefficient (Wildman–Crippen LogP) is 4.33. The predicted molar refractivity (Wildman–Crippen MR) is 90.8 cm³/mol. The molecule has 2 nitrogen and oxygen atoms in total. The van der Waals surface area contributed by atoms with Crippen molar-refractivity contribution in [2.75, 3.05) is 0 Å². The lowest BCUT2D eigenvalue weighted by Gasteiger charge is -2.60. The van der Waals surface area contributed by atoms with Crippen molar-refractivity contribution in [3.63, 3.8) is 0 Å². The summed E-state index contributed by atoms with van der Waals surface area (Å²) in [5.41, 5.74) is 0.502. The molecule has 0 radical (unpaired) electrons. The van der Waals surface area contributed by atoms with Gasteiger partial charge in [-0.2, -0.15) is 0 Å². The largest absolute Gasteiger partial charge is 0.393 e. The SMILES string of the molecule is C[C@]12CCC(=O)[C@@H](Br)[C@H]1CC[C@H]1[C@H]2CC[C@]2(C)[C@H](O)CC[C@H]12. The van der Waals surface area contributed by atoms with Gasteiger partial charge in [-0.1, -0.05) is 29.8 Å². The van der Waals surface area contributed by atoms with Gasteiger partial charge in [0.1, 0.15) is 5.78 Å². The third-order valence-corrected chi connectivity index (χ3v) is 9.61. The van der Waals surface area contributed by atoms with Crippen LogP contribution in [0.4, 0.5) is 0 Å². The minimum atomic E-state index is -0.0826. The number of carbonyl (C=O) groups is 1. The molecule has 0 heterocycles. The fraction of sp³-hybridized carbons (Fsp3) is 0.947. The second-order valence-corrected chi connectivity index (χ2v) is 10.1. The Morgan fingerprint density at radius 1 is 0.955 bits per heavy atom. The molecule has 8 atom stereocenters. The molecule has 0 saturated heterocycles. The van der Waals surface area contributed by atoms with E-state index in [1.807, 2.05) is 0 Å². The molecule has 4 saturated carbocycles. The van der Waals surface area contributed by atoms with E-state index in [1.165, 1.54) is 32.1 Å².